The molecule has 0 N–H and O–H groups in total. The van der Waals surface area contributed by atoms with Gasteiger partial charge < -0.3 is 4.43 Å². The normalized spacial score (nSPS) is 47.1. The quantitative estimate of drug-likeness (QED) is 0.534. The van der Waals surface area contributed by atoms with Crippen molar-refractivity contribution in [3.8, 4) is 0 Å². The molecule has 0 aromatic carbocycles. The first-order valence-electron chi connectivity index (χ1n) is 11.8. The van der Waals surface area contributed by atoms with Crippen LogP contribution in [-0.4, -0.2) is 25.5 Å². The molecule has 4 aliphatic rings. The summed E-state index contributed by atoms with van der Waals surface area (Å²) in [6.45, 7) is 15.6. The van der Waals surface area contributed by atoms with Gasteiger partial charge in [-0.05, 0) is 100 Å². The Morgan fingerprint density at radius 1 is 1.10 bits per heavy atom. The van der Waals surface area contributed by atoms with Gasteiger partial charge in [-0.3, -0.25) is 9.59 Å². The second kappa shape index (κ2) is 6.63. The van der Waals surface area contributed by atoms with Gasteiger partial charge in [0.2, 0.25) is 0 Å². The van der Waals surface area contributed by atoms with E-state index in [0.29, 0.717) is 35.9 Å². The molecule has 29 heavy (non-hydrogen) atoms. The van der Waals surface area contributed by atoms with E-state index in [0.717, 1.165) is 32.1 Å². The molecule has 3 nitrogen and oxygen atoms in total. The average Bonchev–Trinajstić information content (AvgIpc) is 2.89. The summed E-state index contributed by atoms with van der Waals surface area (Å²) in [5.41, 5.74) is 0.948. The predicted octanol–water partition coefficient (Wildman–Crippen LogP) is 5.94. The summed E-state index contributed by atoms with van der Waals surface area (Å²) in [4.78, 5) is 25.3. The first-order chi connectivity index (χ1) is 13.3. The largest absolute Gasteiger partial charge is 0.405 e. The fraction of sp³-hybridized carbons (Fsp3) is 0.840. The smallest absolute Gasteiger partial charge is 0.185 e. The van der Waals surface area contributed by atoms with Crippen LogP contribution in [0.1, 0.15) is 72.6 Å². The highest BCUT2D eigenvalue weighted by atomic mass is 28.4. The summed E-state index contributed by atoms with van der Waals surface area (Å²) in [5.74, 6) is 2.89. The summed E-state index contributed by atoms with van der Waals surface area (Å²) < 4.78 is 6.81. The zero-order valence-corrected chi connectivity index (χ0v) is 20.6. The van der Waals surface area contributed by atoms with E-state index >= 15 is 0 Å². The number of carbonyl (C=O) groups excluding carboxylic acids is 2. The Bertz CT molecular complexity index is 765. The molecular weight excluding hydrogens is 376 g/mol. The van der Waals surface area contributed by atoms with E-state index in [2.05, 4.69) is 40.4 Å². The monoisotopic (exact) mass is 416 g/mol. The van der Waals surface area contributed by atoms with Crippen molar-refractivity contribution in [3.63, 3.8) is 0 Å². The molecule has 0 aliphatic heterocycles. The Labute approximate surface area is 178 Å². The maximum atomic E-state index is 13.1. The van der Waals surface area contributed by atoms with Crippen LogP contribution in [0.2, 0.25) is 19.6 Å². The van der Waals surface area contributed by atoms with Crippen LogP contribution in [0, 0.1) is 34.5 Å². The molecule has 0 unspecified atom stereocenters. The van der Waals surface area contributed by atoms with Crippen LogP contribution < -0.4 is 0 Å². The summed E-state index contributed by atoms with van der Waals surface area (Å²) in [6.07, 6.45) is 9.13. The second-order valence-electron chi connectivity index (χ2n) is 12.1. The third-order valence-corrected chi connectivity index (χ3v) is 10.4. The molecule has 0 amide bonds. The minimum atomic E-state index is -1.86. The first kappa shape index (κ1) is 21.5. The topological polar surface area (TPSA) is 43.4 Å². The van der Waals surface area contributed by atoms with Gasteiger partial charge in [-0.15, -0.1) is 0 Å². The van der Waals surface area contributed by atoms with Gasteiger partial charge in [-0.25, -0.2) is 0 Å². The highest BCUT2D eigenvalue weighted by molar-refractivity contribution is 6.70. The Hall–Kier alpha value is -0.743. The molecule has 0 aromatic heterocycles. The van der Waals surface area contributed by atoms with Crippen molar-refractivity contribution in [2.24, 2.45) is 34.5 Å². The van der Waals surface area contributed by atoms with Crippen LogP contribution in [0.15, 0.2) is 11.6 Å². The molecule has 4 aliphatic carbocycles. The zero-order chi connectivity index (χ0) is 21.4. The van der Waals surface area contributed by atoms with E-state index in [9.17, 15) is 9.59 Å². The Morgan fingerprint density at radius 3 is 2.38 bits per heavy atom. The van der Waals surface area contributed by atoms with Crippen molar-refractivity contribution in [2.75, 3.05) is 0 Å². The number of fused-ring (bicyclic) bond motifs is 5. The molecule has 0 saturated heterocycles. The van der Waals surface area contributed by atoms with Crippen LogP contribution in [0.5, 0.6) is 0 Å². The number of hydrogen-bond donors (Lipinski definition) is 0. The van der Waals surface area contributed by atoms with Gasteiger partial charge in [0.15, 0.2) is 19.9 Å². The highest BCUT2D eigenvalue weighted by Crippen LogP contribution is 2.69. The molecule has 0 radical (unpaired) electrons. The number of hydrogen-bond acceptors (Lipinski definition) is 3. The van der Waals surface area contributed by atoms with Gasteiger partial charge in [0.05, 0.1) is 0 Å². The van der Waals surface area contributed by atoms with E-state index in [-0.39, 0.29) is 16.6 Å². The van der Waals surface area contributed by atoms with Crippen molar-refractivity contribution in [1.29, 1.82) is 0 Å². The lowest BCUT2D eigenvalue weighted by atomic mass is 9.45. The molecule has 0 heterocycles. The maximum Gasteiger partial charge on any atom is 0.185 e. The van der Waals surface area contributed by atoms with Crippen LogP contribution in [0.25, 0.3) is 0 Å². The SMILES string of the molecule is CC(=O)[C@@]1(O[Si](C)(C)C)CC[C@H]2[C@@H]3C[C@H](C)C4=CC(=O)CC[C@]4(C)[C@H]3CC[C@@]21C. The lowest BCUT2D eigenvalue weighted by Crippen LogP contribution is -2.61. The Kier molecular flexibility index (Phi) is 4.91. The van der Waals surface area contributed by atoms with Crippen LogP contribution in [0.3, 0.4) is 0 Å². The lowest BCUT2D eigenvalue weighted by Gasteiger charge is -2.61. The number of rotatable bonds is 3. The van der Waals surface area contributed by atoms with Gasteiger partial charge in [0.1, 0.15) is 5.60 Å². The molecule has 0 bridgehead atoms. The minimum absolute atomic E-state index is 0.0535. The fourth-order valence-electron chi connectivity index (χ4n) is 8.32. The van der Waals surface area contributed by atoms with Gasteiger partial charge in [-0.1, -0.05) is 26.3 Å². The molecule has 162 valence electrons. The van der Waals surface area contributed by atoms with Crippen molar-refractivity contribution >= 4 is 19.9 Å². The fourth-order valence-corrected chi connectivity index (χ4v) is 9.85. The molecule has 3 fully saturated rings. The van der Waals surface area contributed by atoms with Crippen molar-refractivity contribution in [2.45, 2.75) is 97.9 Å². The first-order valence-corrected chi connectivity index (χ1v) is 15.2. The van der Waals surface area contributed by atoms with Gasteiger partial charge in [-0.2, -0.15) is 0 Å². The number of ketones is 2. The molecule has 0 spiro atoms. The molecule has 4 rings (SSSR count). The van der Waals surface area contributed by atoms with E-state index in [1.807, 2.05) is 6.08 Å². The van der Waals surface area contributed by atoms with Gasteiger partial charge >= 0.3 is 0 Å². The second-order valence-corrected chi connectivity index (χ2v) is 16.5. The zero-order valence-electron chi connectivity index (χ0n) is 19.6. The predicted molar refractivity (Wildman–Crippen MR) is 119 cm³/mol. The summed E-state index contributed by atoms with van der Waals surface area (Å²) in [6, 6.07) is 0. The van der Waals surface area contributed by atoms with E-state index < -0.39 is 13.9 Å². The molecular formula is C25H40O3Si. The van der Waals surface area contributed by atoms with Crippen LogP contribution in [-0.2, 0) is 14.0 Å². The molecule has 0 aromatic rings. The van der Waals surface area contributed by atoms with Crippen LogP contribution in [0.4, 0.5) is 0 Å². The summed E-state index contributed by atoms with van der Waals surface area (Å²) in [5, 5.41) is 0. The lowest BCUT2D eigenvalue weighted by molar-refractivity contribution is -0.156. The third kappa shape index (κ3) is 2.99. The van der Waals surface area contributed by atoms with E-state index in [1.165, 1.54) is 12.0 Å². The summed E-state index contributed by atoms with van der Waals surface area (Å²) in [7, 11) is -1.86. The molecule has 4 heteroatoms. The average molecular weight is 417 g/mol. The minimum Gasteiger partial charge on any atom is -0.405 e. The van der Waals surface area contributed by atoms with E-state index in [4.69, 9.17) is 4.43 Å². The number of allylic oxidation sites excluding steroid dienone is 1. The third-order valence-electron chi connectivity index (χ3n) is 9.45. The van der Waals surface area contributed by atoms with Gasteiger partial charge in [0, 0.05) is 11.8 Å². The molecule has 7 atom stereocenters. The number of carbonyl (C=O) groups is 2. The standard InChI is InChI=1S/C25H40O3Si/c1-16-14-19-20(23(3)11-8-18(27)15-22(16)23)9-12-24(4)21(19)10-13-25(24,17(2)26)28-29(5,6)7/h15-16,19-21H,8-14H2,1-7H3/t16-,19+,20-,21-,23+,24-,25-/m0/s1. The Morgan fingerprint density at radius 2 is 1.76 bits per heavy atom. The van der Waals surface area contributed by atoms with Crippen molar-refractivity contribution in [3.05, 3.63) is 11.6 Å². The number of Topliss-reactive ketones (excluding diaryl/α,β-unsaturated/α-hetero) is 1. The highest BCUT2D eigenvalue weighted by Gasteiger charge is 2.67. The maximum absolute atomic E-state index is 13.1. The molecule has 3 saturated carbocycles. The Balaban J connectivity index is 1.73. The van der Waals surface area contributed by atoms with Gasteiger partial charge in [0.25, 0.3) is 0 Å². The van der Waals surface area contributed by atoms with Crippen molar-refractivity contribution < 1.29 is 14.0 Å². The summed E-state index contributed by atoms with van der Waals surface area (Å²) >= 11 is 0. The van der Waals surface area contributed by atoms with Crippen molar-refractivity contribution in [1.82, 2.24) is 0 Å². The van der Waals surface area contributed by atoms with E-state index in [1.54, 1.807) is 6.92 Å². The van der Waals surface area contributed by atoms with Crippen LogP contribution >= 0.6 is 0 Å².